The summed E-state index contributed by atoms with van der Waals surface area (Å²) in [7, 11) is 0. The summed E-state index contributed by atoms with van der Waals surface area (Å²) in [5.41, 5.74) is 3.55. The standard InChI is InChI=1S/C28H26ClF4N5O2/c1-17-9-10-38-24(13-17)35-26(29)25(38)27(39)34-15-19-3-8-23(22(30)14-19)36-11-12-37(18(2)16-36)20-4-6-21(7-5-20)40-28(31,32)33/h3-10,13-14,18H,11-12,15-16H2,1-2H3,(H,34,39)/t18-/m0/s1. The lowest BCUT2D eigenvalue weighted by Gasteiger charge is -2.42. The molecule has 1 aliphatic rings. The first kappa shape index (κ1) is 27.6. The second kappa shape index (κ2) is 10.9. The third-order valence-electron chi connectivity index (χ3n) is 6.79. The number of hydrogen-bond acceptors (Lipinski definition) is 5. The molecule has 0 saturated carbocycles. The van der Waals surface area contributed by atoms with Gasteiger partial charge in [-0.3, -0.25) is 9.20 Å². The number of nitrogens with zero attached hydrogens (tertiary/aromatic N) is 4. The van der Waals surface area contributed by atoms with Crippen LogP contribution in [0.1, 0.15) is 28.5 Å². The van der Waals surface area contributed by atoms with Gasteiger partial charge in [-0.25, -0.2) is 9.37 Å². The molecule has 1 N–H and O–H groups in total. The third-order valence-corrected chi connectivity index (χ3v) is 7.05. The Labute approximate surface area is 232 Å². The molecular weight excluding hydrogens is 550 g/mol. The Bertz CT molecular complexity index is 1540. The molecule has 0 unspecified atom stereocenters. The van der Waals surface area contributed by atoms with Gasteiger partial charge in [-0.1, -0.05) is 17.7 Å². The van der Waals surface area contributed by atoms with E-state index in [-0.39, 0.29) is 29.2 Å². The van der Waals surface area contributed by atoms with E-state index in [1.165, 1.54) is 18.2 Å². The molecule has 1 amide bonds. The number of rotatable bonds is 6. The van der Waals surface area contributed by atoms with E-state index in [0.717, 1.165) is 11.3 Å². The van der Waals surface area contributed by atoms with Gasteiger partial charge in [0.25, 0.3) is 5.91 Å². The summed E-state index contributed by atoms with van der Waals surface area (Å²) in [4.78, 5) is 21.1. The molecule has 0 spiro atoms. The number of carbonyl (C=O) groups excluding carboxylic acids is 1. The number of anilines is 2. The number of hydrogen-bond donors (Lipinski definition) is 1. The van der Waals surface area contributed by atoms with Gasteiger partial charge in [0.1, 0.15) is 17.2 Å². The molecular formula is C28H26ClF4N5O2. The maximum absolute atomic E-state index is 15.2. The Morgan fingerprint density at radius 3 is 2.55 bits per heavy atom. The minimum absolute atomic E-state index is 0.0273. The van der Waals surface area contributed by atoms with Crippen molar-refractivity contribution in [2.75, 3.05) is 29.4 Å². The summed E-state index contributed by atoms with van der Waals surface area (Å²) in [5.74, 6) is -1.12. The maximum Gasteiger partial charge on any atom is 0.573 e. The molecule has 0 aliphatic carbocycles. The van der Waals surface area contributed by atoms with Crippen molar-refractivity contribution in [1.29, 1.82) is 0 Å². The van der Waals surface area contributed by atoms with E-state index < -0.39 is 18.1 Å². The number of halogens is 5. The first-order valence-corrected chi connectivity index (χ1v) is 12.9. The van der Waals surface area contributed by atoms with Crippen LogP contribution < -0.4 is 19.9 Å². The van der Waals surface area contributed by atoms with Gasteiger partial charge in [0.05, 0.1) is 5.69 Å². The van der Waals surface area contributed by atoms with Crippen LogP contribution in [0.5, 0.6) is 5.75 Å². The van der Waals surface area contributed by atoms with Crippen molar-refractivity contribution in [3.8, 4) is 5.75 Å². The fourth-order valence-electron chi connectivity index (χ4n) is 4.90. The predicted molar refractivity (Wildman–Crippen MR) is 145 cm³/mol. The zero-order valence-electron chi connectivity index (χ0n) is 21.7. The molecule has 1 atom stereocenters. The molecule has 40 heavy (non-hydrogen) atoms. The molecule has 0 bridgehead atoms. The van der Waals surface area contributed by atoms with Gasteiger partial charge in [0.15, 0.2) is 10.8 Å². The fourth-order valence-corrected chi connectivity index (χ4v) is 5.17. The van der Waals surface area contributed by atoms with Gasteiger partial charge in [0.2, 0.25) is 0 Å². The Morgan fingerprint density at radius 2 is 1.88 bits per heavy atom. The Kier molecular flexibility index (Phi) is 7.50. The van der Waals surface area contributed by atoms with E-state index in [2.05, 4.69) is 19.9 Å². The zero-order chi connectivity index (χ0) is 28.6. The Morgan fingerprint density at radius 1 is 1.12 bits per heavy atom. The predicted octanol–water partition coefficient (Wildman–Crippen LogP) is 5.98. The lowest BCUT2D eigenvalue weighted by atomic mass is 10.1. The summed E-state index contributed by atoms with van der Waals surface area (Å²) >= 11 is 6.21. The van der Waals surface area contributed by atoms with Crippen LogP contribution in [0.2, 0.25) is 5.15 Å². The van der Waals surface area contributed by atoms with Crippen molar-refractivity contribution in [3.05, 3.63) is 88.6 Å². The number of benzene rings is 2. The number of ether oxygens (including phenoxy) is 1. The van der Waals surface area contributed by atoms with Crippen molar-refractivity contribution in [1.82, 2.24) is 14.7 Å². The molecule has 2 aromatic carbocycles. The fraction of sp³-hybridized carbons (Fsp3) is 0.286. The van der Waals surface area contributed by atoms with Crippen LogP contribution >= 0.6 is 11.6 Å². The SMILES string of the molecule is Cc1ccn2c(C(=O)NCc3ccc(N4CCN(c5ccc(OC(F)(F)F)cc5)[C@@H](C)C4)c(F)c3)c(Cl)nc2c1. The molecule has 2 aromatic heterocycles. The highest BCUT2D eigenvalue weighted by Crippen LogP contribution is 2.29. The molecule has 7 nitrogen and oxygen atoms in total. The number of aryl methyl sites for hydroxylation is 1. The van der Waals surface area contributed by atoms with E-state index in [0.29, 0.717) is 36.5 Å². The quantitative estimate of drug-likeness (QED) is 0.287. The van der Waals surface area contributed by atoms with Crippen LogP contribution in [0.15, 0.2) is 60.8 Å². The number of alkyl halides is 3. The van der Waals surface area contributed by atoms with Gasteiger partial charge in [0, 0.05) is 44.1 Å². The summed E-state index contributed by atoms with van der Waals surface area (Å²) in [6.45, 7) is 5.58. The molecule has 0 radical (unpaired) electrons. The minimum Gasteiger partial charge on any atom is -0.406 e. The molecule has 1 saturated heterocycles. The summed E-state index contributed by atoms with van der Waals surface area (Å²) in [5, 5.41) is 2.87. The molecule has 3 heterocycles. The number of aromatic nitrogens is 2. The van der Waals surface area contributed by atoms with E-state index in [4.69, 9.17) is 11.6 Å². The lowest BCUT2D eigenvalue weighted by Crippen LogP contribution is -2.52. The lowest BCUT2D eigenvalue weighted by molar-refractivity contribution is -0.274. The highest BCUT2D eigenvalue weighted by molar-refractivity contribution is 6.32. The normalized spacial score (nSPS) is 15.9. The highest BCUT2D eigenvalue weighted by atomic mass is 35.5. The average Bonchev–Trinajstić information content (AvgIpc) is 3.21. The number of imidazole rings is 1. The van der Waals surface area contributed by atoms with E-state index in [1.807, 2.05) is 30.9 Å². The minimum atomic E-state index is -4.74. The molecule has 12 heteroatoms. The Hall–Kier alpha value is -3.99. The summed E-state index contributed by atoms with van der Waals surface area (Å²) in [6, 6.07) is 14.2. The Balaban J connectivity index is 1.21. The second-order valence-corrected chi connectivity index (χ2v) is 10.0. The van der Waals surface area contributed by atoms with Gasteiger partial charge < -0.3 is 19.9 Å². The first-order chi connectivity index (χ1) is 19.0. The smallest absolute Gasteiger partial charge is 0.406 e. The van der Waals surface area contributed by atoms with Crippen LogP contribution in [-0.4, -0.2) is 47.3 Å². The van der Waals surface area contributed by atoms with Crippen LogP contribution in [0.25, 0.3) is 5.65 Å². The highest BCUT2D eigenvalue weighted by Gasteiger charge is 2.31. The van der Waals surface area contributed by atoms with Gasteiger partial charge in [-0.15, -0.1) is 13.2 Å². The maximum atomic E-state index is 15.2. The topological polar surface area (TPSA) is 62.1 Å². The molecule has 4 aromatic rings. The van der Waals surface area contributed by atoms with E-state index in [9.17, 15) is 18.0 Å². The van der Waals surface area contributed by atoms with Crippen LogP contribution in [0.3, 0.4) is 0 Å². The van der Waals surface area contributed by atoms with Crippen molar-refractivity contribution in [2.24, 2.45) is 0 Å². The second-order valence-electron chi connectivity index (χ2n) is 9.68. The van der Waals surface area contributed by atoms with Gasteiger partial charge in [-0.2, -0.15) is 0 Å². The van der Waals surface area contributed by atoms with Crippen molar-refractivity contribution >= 4 is 34.5 Å². The van der Waals surface area contributed by atoms with Crippen molar-refractivity contribution < 1.29 is 27.1 Å². The zero-order valence-corrected chi connectivity index (χ0v) is 22.4. The number of fused-ring (bicyclic) bond motifs is 1. The average molecular weight is 576 g/mol. The number of pyridine rings is 1. The van der Waals surface area contributed by atoms with Crippen LogP contribution in [-0.2, 0) is 6.54 Å². The van der Waals surface area contributed by atoms with Crippen molar-refractivity contribution in [3.63, 3.8) is 0 Å². The molecule has 1 aliphatic heterocycles. The molecule has 210 valence electrons. The van der Waals surface area contributed by atoms with Crippen LogP contribution in [0, 0.1) is 12.7 Å². The van der Waals surface area contributed by atoms with E-state index in [1.54, 1.807) is 34.9 Å². The van der Waals surface area contributed by atoms with Gasteiger partial charge >= 0.3 is 6.36 Å². The van der Waals surface area contributed by atoms with E-state index >= 15 is 4.39 Å². The number of piperazine rings is 1. The monoisotopic (exact) mass is 575 g/mol. The van der Waals surface area contributed by atoms with Crippen LogP contribution in [0.4, 0.5) is 28.9 Å². The first-order valence-electron chi connectivity index (χ1n) is 12.6. The number of nitrogens with one attached hydrogen (secondary N) is 1. The third kappa shape index (κ3) is 5.94. The van der Waals surface area contributed by atoms with Gasteiger partial charge in [-0.05, 0) is 73.5 Å². The largest absolute Gasteiger partial charge is 0.573 e. The summed E-state index contributed by atoms with van der Waals surface area (Å²) in [6.07, 6.45) is -3.02. The van der Waals surface area contributed by atoms with Crippen molar-refractivity contribution in [2.45, 2.75) is 32.8 Å². The molecule has 1 fully saturated rings. The summed E-state index contributed by atoms with van der Waals surface area (Å²) < 4.78 is 58.0. The number of amides is 1. The molecule has 5 rings (SSSR count). The number of carbonyl (C=O) groups is 1.